The van der Waals surface area contributed by atoms with Gasteiger partial charge in [0.05, 0.1) is 12.1 Å². The molecule has 2 saturated carbocycles. The number of likely N-dealkylation sites (tertiary alicyclic amines) is 1. The van der Waals surface area contributed by atoms with Crippen LogP contribution in [0.15, 0.2) is 24.3 Å². The second kappa shape index (κ2) is 7.55. The van der Waals surface area contributed by atoms with Gasteiger partial charge in [-0.3, -0.25) is 4.79 Å². The highest BCUT2D eigenvalue weighted by Crippen LogP contribution is 2.44. The summed E-state index contributed by atoms with van der Waals surface area (Å²) in [6, 6.07) is 6.67. The highest BCUT2D eigenvalue weighted by atomic mass is 19.1. The van der Waals surface area contributed by atoms with Crippen LogP contribution < -0.4 is 4.74 Å². The third-order valence-corrected chi connectivity index (χ3v) is 6.59. The van der Waals surface area contributed by atoms with Crippen LogP contribution in [0.4, 0.5) is 4.39 Å². The van der Waals surface area contributed by atoms with Crippen LogP contribution in [0.3, 0.4) is 0 Å². The second-order valence-corrected chi connectivity index (χ2v) is 8.01. The summed E-state index contributed by atoms with van der Waals surface area (Å²) < 4.78 is 24.4. The van der Waals surface area contributed by atoms with Gasteiger partial charge in [0.25, 0.3) is 0 Å². The molecule has 142 valence electrons. The first kappa shape index (κ1) is 17.8. The molecule has 3 fully saturated rings. The molecule has 1 aromatic rings. The smallest absolute Gasteiger partial charge is 0.226 e. The van der Waals surface area contributed by atoms with Crippen LogP contribution in [-0.4, -0.2) is 42.7 Å². The van der Waals surface area contributed by atoms with Crippen LogP contribution >= 0.6 is 0 Å². The van der Waals surface area contributed by atoms with Gasteiger partial charge >= 0.3 is 0 Å². The molecule has 1 heterocycles. The van der Waals surface area contributed by atoms with Crippen molar-refractivity contribution in [3.8, 4) is 5.75 Å². The molecule has 4 nitrogen and oxygen atoms in total. The van der Waals surface area contributed by atoms with Crippen LogP contribution in [0, 0.1) is 17.7 Å². The van der Waals surface area contributed by atoms with Gasteiger partial charge in [-0.25, -0.2) is 4.39 Å². The Labute approximate surface area is 154 Å². The highest BCUT2D eigenvalue weighted by Gasteiger charge is 2.49. The van der Waals surface area contributed by atoms with E-state index < -0.39 is 0 Å². The molecule has 0 aromatic heterocycles. The Morgan fingerprint density at radius 2 is 1.85 bits per heavy atom. The maximum atomic E-state index is 13.2. The maximum absolute atomic E-state index is 13.2. The summed E-state index contributed by atoms with van der Waals surface area (Å²) >= 11 is 0. The lowest BCUT2D eigenvalue weighted by Gasteiger charge is -2.39. The van der Waals surface area contributed by atoms with Crippen molar-refractivity contribution in [2.75, 3.05) is 13.7 Å². The molecule has 0 spiro atoms. The molecule has 26 heavy (non-hydrogen) atoms. The molecule has 5 heteroatoms. The molecule has 1 amide bonds. The molecule has 3 aliphatic rings. The summed E-state index contributed by atoms with van der Waals surface area (Å²) in [5.41, 5.74) is 0. The number of rotatable bonds is 5. The molecule has 4 rings (SSSR count). The van der Waals surface area contributed by atoms with Crippen molar-refractivity contribution in [2.24, 2.45) is 11.8 Å². The predicted molar refractivity (Wildman–Crippen MR) is 96.4 cm³/mol. The molecule has 1 aliphatic heterocycles. The minimum atomic E-state index is -0.263. The molecule has 1 saturated heterocycles. The number of nitrogens with zero attached hydrogens (tertiary/aromatic N) is 1. The number of methoxy groups -OCH3 is 1. The number of benzene rings is 1. The van der Waals surface area contributed by atoms with Gasteiger partial charge in [0.2, 0.25) is 5.91 Å². The van der Waals surface area contributed by atoms with E-state index in [-0.39, 0.29) is 17.8 Å². The van der Waals surface area contributed by atoms with Crippen LogP contribution in [0.2, 0.25) is 0 Å². The van der Waals surface area contributed by atoms with Gasteiger partial charge in [-0.2, -0.15) is 0 Å². The van der Waals surface area contributed by atoms with Crippen LogP contribution in [0.25, 0.3) is 0 Å². The van der Waals surface area contributed by atoms with Gasteiger partial charge in [-0.15, -0.1) is 0 Å². The number of carbonyl (C=O) groups is 1. The van der Waals surface area contributed by atoms with Crippen LogP contribution in [-0.2, 0) is 9.53 Å². The van der Waals surface area contributed by atoms with E-state index in [4.69, 9.17) is 9.47 Å². The minimum Gasteiger partial charge on any atom is -0.491 e. The number of piperidine rings is 1. The van der Waals surface area contributed by atoms with E-state index in [0.29, 0.717) is 36.3 Å². The number of ether oxygens (including phenoxy) is 2. The minimum absolute atomic E-state index is 0.133. The molecule has 0 N–H and O–H groups in total. The van der Waals surface area contributed by atoms with Gasteiger partial charge in [-0.05, 0) is 75.1 Å². The SMILES string of the molecule is COC1CCC(C(=O)N2[C@@H]3CC[C@H](C3)[C@@H]2COc2ccc(F)cc2)CC1. The van der Waals surface area contributed by atoms with Crippen molar-refractivity contribution in [1.82, 2.24) is 4.90 Å². The van der Waals surface area contributed by atoms with E-state index in [9.17, 15) is 9.18 Å². The number of carbonyl (C=O) groups excluding carboxylic acids is 1. The van der Waals surface area contributed by atoms with Crippen molar-refractivity contribution >= 4 is 5.91 Å². The molecule has 2 aliphatic carbocycles. The lowest BCUT2D eigenvalue weighted by Crippen LogP contribution is -2.50. The Morgan fingerprint density at radius 1 is 1.12 bits per heavy atom. The summed E-state index contributed by atoms with van der Waals surface area (Å²) in [7, 11) is 1.76. The first-order chi connectivity index (χ1) is 12.7. The number of hydrogen-bond acceptors (Lipinski definition) is 3. The Balaban J connectivity index is 1.40. The van der Waals surface area contributed by atoms with Crippen LogP contribution in [0.1, 0.15) is 44.9 Å². The summed E-state index contributed by atoms with van der Waals surface area (Å²) in [4.78, 5) is 15.4. The maximum Gasteiger partial charge on any atom is 0.226 e. The van der Waals surface area contributed by atoms with Gasteiger partial charge in [0.15, 0.2) is 0 Å². The first-order valence-electron chi connectivity index (χ1n) is 9.89. The normalized spacial score (nSPS) is 33.5. The molecule has 2 bridgehead atoms. The fourth-order valence-electron chi connectivity index (χ4n) is 5.12. The van der Waals surface area contributed by atoms with E-state index in [1.54, 1.807) is 19.2 Å². The standard InChI is InChI=1S/C21H28FNO3/c1-25-18-8-3-14(4-9-18)21(24)23-17-7-2-15(12-17)20(23)13-26-19-10-5-16(22)6-11-19/h5-6,10-11,14-15,17-18,20H,2-4,7-9,12-13H2,1H3/t14?,15-,17-,18?,20+/m1/s1. The van der Waals surface area contributed by atoms with Crippen molar-refractivity contribution in [1.29, 1.82) is 0 Å². The van der Waals surface area contributed by atoms with E-state index in [1.807, 2.05) is 0 Å². The molecule has 1 aromatic carbocycles. The fraction of sp³-hybridized carbons (Fsp3) is 0.667. The van der Waals surface area contributed by atoms with Crippen molar-refractivity contribution in [3.05, 3.63) is 30.1 Å². The zero-order valence-electron chi connectivity index (χ0n) is 15.4. The van der Waals surface area contributed by atoms with Crippen LogP contribution in [0.5, 0.6) is 5.75 Å². The Hall–Kier alpha value is -1.62. The average Bonchev–Trinajstić information content (AvgIpc) is 3.28. The summed E-state index contributed by atoms with van der Waals surface area (Å²) in [5, 5.41) is 0. The first-order valence-corrected chi connectivity index (χ1v) is 9.89. The molecule has 0 radical (unpaired) electrons. The third kappa shape index (κ3) is 3.46. The van der Waals surface area contributed by atoms with Crippen molar-refractivity contribution < 1.29 is 18.7 Å². The zero-order chi connectivity index (χ0) is 18.1. The van der Waals surface area contributed by atoms with E-state index in [1.165, 1.54) is 18.6 Å². The Morgan fingerprint density at radius 3 is 2.54 bits per heavy atom. The second-order valence-electron chi connectivity index (χ2n) is 8.01. The zero-order valence-corrected chi connectivity index (χ0v) is 15.4. The predicted octanol–water partition coefficient (Wildman–Crippen LogP) is 3.79. The molecular formula is C21H28FNO3. The van der Waals surface area contributed by atoms with Crippen molar-refractivity contribution in [2.45, 2.75) is 63.1 Å². The Bertz CT molecular complexity index is 627. The Kier molecular flexibility index (Phi) is 5.16. The third-order valence-electron chi connectivity index (χ3n) is 6.59. The quantitative estimate of drug-likeness (QED) is 0.801. The summed E-state index contributed by atoms with van der Waals surface area (Å²) in [6.07, 6.45) is 7.53. The van der Waals surface area contributed by atoms with E-state index in [2.05, 4.69) is 4.90 Å². The lowest BCUT2D eigenvalue weighted by molar-refractivity contribution is -0.142. The summed E-state index contributed by atoms with van der Waals surface area (Å²) in [5.74, 6) is 1.40. The van der Waals surface area contributed by atoms with Crippen molar-refractivity contribution in [3.63, 3.8) is 0 Å². The topological polar surface area (TPSA) is 38.8 Å². The van der Waals surface area contributed by atoms with Gasteiger partial charge in [0, 0.05) is 19.1 Å². The molecule has 0 unspecified atom stereocenters. The molecular weight excluding hydrogens is 333 g/mol. The average molecular weight is 361 g/mol. The number of halogens is 1. The molecule has 3 atom stereocenters. The summed E-state index contributed by atoms with van der Waals surface area (Å²) in [6.45, 7) is 0.506. The fourth-order valence-corrected chi connectivity index (χ4v) is 5.12. The number of fused-ring (bicyclic) bond motifs is 2. The lowest BCUT2D eigenvalue weighted by atomic mass is 9.85. The number of hydrogen-bond donors (Lipinski definition) is 0. The monoisotopic (exact) mass is 361 g/mol. The van der Waals surface area contributed by atoms with Gasteiger partial charge in [-0.1, -0.05) is 0 Å². The van der Waals surface area contributed by atoms with Gasteiger partial charge in [0.1, 0.15) is 18.2 Å². The largest absolute Gasteiger partial charge is 0.491 e. The number of amides is 1. The van der Waals surface area contributed by atoms with Gasteiger partial charge < -0.3 is 14.4 Å². The van der Waals surface area contributed by atoms with E-state index >= 15 is 0 Å². The highest BCUT2D eigenvalue weighted by molar-refractivity contribution is 5.80. The van der Waals surface area contributed by atoms with E-state index in [0.717, 1.165) is 38.5 Å².